The zero-order valence-electron chi connectivity index (χ0n) is 12.5. The number of carboxylic acids is 1. The van der Waals surface area contributed by atoms with Crippen molar-refractivity contribution in [3.05, 3.63) is 0 Å². The Balaban J connectivity index is 2.57. The van der Waals surface area contributed by atoms with Crippen molar-refractivity contribution in [1.82, 2.24) is 10.2 Å². The lowest BCUT2D eigenvalue weighted by Crippen LogP contribution is -2.51. The van der Waals surface area contributed by atoms with E-state index in [2.05, 4.69) is 12.2 Å². The van der Waals surface area contributed by atoms with Gasteiger partial charge in [0.05, 0.1) is 5.75 Å². The molecule has 8 heteroatoms. The smallest absolute Gasteiger partial charge is 0.326 e. The van der Waals surface area contributed by atoms with Gasteiger partial charge in [0, 0.05) is 19.3 Å². The molecule has 1 saturated heterocycles. The lowest BCUT2D eigenvalue weighted by molar-refractivity contribution is -0.139. The minimum Gasteiger partial charge on any atom is -0.480 e. The Hall–Kier alpha value is -1.31. The average molecular weight is 320 g/mol. The Morgan fingerprint density at radius 1 is 1.43 bits per heavy atom. The molecule has 0 aromatic carbocycles. The van der Waals surface area contributed by atoms with Gasteiger partial charge in [-0.05, 0) is 25.2 Å². The molecule has 1 heterocycles. The van der Waals surface area contributed by atoms with Gasteiger partial charge in [0.25, 0.3) is 0 Å². The summed E-state index contributed by atoms with van der Waals surface area (Å²) in [5.74, 6) is -1.03. The molecule has 2 atom stereocenters. The highest BCUT2D eigenvalue weighted by molar-refractivity contribution is 7.90. The fourth-order valence-corrected chi connectivity index (χ4v) is 3.08. The van der Waals surface area contributed by atoms with Gasteiger partial charge in [0.2, 0.25) is 0 Å². The van der Waals surface area contributed by atoms with Crippen LogP contribution in [0.5, 0.6) is 0 Å². The van der Waals surface area contributed by atoms with Gasteiger partial charge in [-0.3, -0.25) is 0 Å². The van der Waals surface area contributed by atoms with Crippen molar-refractivity contribution in [3.63, 3.8) is 0 Å². The molecule has 0 bridgehead atoms. The van der Waals surface area contributed by atoms with Crippen molar-refractivity contribution in [2.24, 2.45) is 5.92 Å². The molecule has 2 unspecified atom stereocenters. The Kier molecular flexibility index (Phi) is 6.44. The summed E-state index contributed by atoms with van der Waals surface area (Å²) in [6.07, 6.45) is 3.90. The van der Waals surface area contributed by atoms with Crippen molar-refractivity contribution in [3.8, 4) is 0 Å². The minimum atomic E-state index is -3.25. The molecule has 2 N–H and O–H groups in total. The van der Waals surface area contributed by atoms with Crippen LogP contribution in [0, 0.1) is 5.92 Å². The first-order valence-electron chi connectivity index (χ1n) is 7.19. The Morgan fingerprint density at radius 2 is 2.10 bits per heavy atom. The molecule has 1 rings (SSSR count). The number of carbonyl (C=O) groups excluding carboxylic acids is 1. The van der Waals surface area contributed by atoms with Crippen LogP contribution in [0.2, 0.25) is 0 Å². The van der Waals surface area contributed by atoms with E-state index in [1.54, 1.807) is 4.90 Å². The summed E-state index contributed by atoms with van der Waals surface area (Å²) in [5.41, 5.74) is 0. The highest BCUT2D eigenvalue weighted by atomic mass is 32.2. The van der Waals surface area contributed by atoms with Gasteiger partial charge in [0.15, 0.2) is 0 Å². The van der Waals surface area contributed by atoms with Gasteiger partial charge >= 0.3 is 12.0 Å². The highest BCUT2D eigenvalue weighted by Crippen LogP contribution is 2.19. The van der Waals surface area contributed by atoms with E-state index in [1.165, 1.54) is 0 Å². The third-order valence-corrected chi connectivity index (χ3v) is 4.73. The molecule has 0 aromatic rings. The number of nitrogens with zero attached hydrogens (tertiary/aromatic N) is 1. The molecule has 0 spiro atoms. The predicted octanol–water partition coefficient (Wildman–Crippen LogP) is 0.706. The predicted molar refractivity (Wildman–Crippen MR) is 78.9 cm³/mol. The summed E-state index contributed by atoms with van der Waals surface area (Å²) in [7, 11) is -3.25. The van der Waals surface area contributed by atoms with Crippen molar-refractivity contribution < 1.29 is 23.1 Å². The molecular weight excluding hydrogens is 296 g/mol. The number of hydrogen-bond acceptors (Lipinski definition) is 4. The molecule has 1 aliphatic heterocycles. The number of carbonyl (C=O) groups is 2. The lowest BCUT2D eigenvalue weighted by Gasteiger charge is -2.33. The SMILES string of the molecule is CCC1CCCN(C(=O)NC(CCS(C)(=O)=O)C(=O)O)C1. The molecule has 0 aromatic heterocycles. The van der Waals surface area contributed by atoms with E-state index in [1.807, 2.05) is 0 Å². The van der Waals surface area contributed by atoms with Crippen LogP contribution in [-0.2, 0) is 14.6 Å². The zero-order chi connectivity index (χ0) is 16.0. The van der Waals surface area contributed by atoms with Gasteiger partial charge in [-0.25, -0.2) is 18.0 Å². The molecule has 1 fully saturated rings. The van der Waals surface area contributed by atoms with Crippen LogP contribution in [0.15, 0.2) is 0 Å². The van der Waals surface area contributed by atoms with Gasteiger partial charge in [-0.1, -0.05) is 13.3 Å². The number of likely N-dealkylation sites (tertiary alicyclic amines) is 1. The summed E-state index contributed by atoms with van der Waals surface area (Å²) < 4.78 is 22.2. The molecule has 2 amide bonds. The maximum absolute atomic E-state index is 12.1. The minimum absolute atomic E-state index is 0.120. The topological polar surface area (TPSA) is 104 Å². The van der Waals surface area contributed by atoms with Crippen LogP contribution in [-0.4, -0.2) is 61.6 Å². The first-order valence-corrected chi connectivity index (χ1v) is 9.25. The quantitative estimate of drug-likeness (QED) is 0.750. The van der Waals surface area contributed by atoms with Crippen LogP contribution in [0.25, 0.3) is 0 Å². The van der Waals surface area contributed by atoms with Crippen LogP contribution in [0.1, 0.15) is 32.6 Å². The third-order valence-electron chi connectivity index (χ3n) is 3.76. The van der Waals surface area contributed by atoms with Crippen LogP contribution in [0.3, 0.4) is 0 Å². The Labute approximate surface area is 125 Å². The number of rotatable bonds is 6. The monoisotopic (exact) mass is 320 g/mol. The maximum atomic E-state index is 12.1. The highest BCUT2D eigenvalue weighted by Gasteiger charge is 2.27. The number of carboxylic acid groups (broad SMARTS) is 1. The van der Waals surface area contributed by atoms with Crippen LogP contribution >= 0.6 is 0 Å². The second kappa shape index (κ2) is 7.63. The van der Waals surface area contributed by atoms with Gasteiger partial charge in [-0.2, -0.15) is 0 Å². The van der Waals surface area contributed by atoms with Crippen molar-refractivity contribution >= 4 is 21.8 Å². The number of aliphatic carboxylic acids is 1. The van der Waals surface area contributed by atoms with E-state index in [0.29, 0.717) is 19.0 Å². The van der Waals surface area contributed by atoms with Crippen molar-refractivity contribution in [2.45, 2.75) is 38.6 Å². The third kappa shape index (κ3) is 6.33. The largest absolute Gasteiger partial charge is 0.480 e. The molecule has 21 heavy (non-hydrogen) atoms. The average Bonchev–Trinajstić information content (AvgIpc) is 2.41. The normalized spacial score (nSPS) is 20.9. The summed E-state index contributed by atoms with van der Waals surface area (Å²) in [5, 5.41) is 11.5. The zero-order valence-corrected chi connectivity index (χ0v) is 13.4. The van der Waals surface area contributed by atoms with Gasteiger partial charge < -0.3 is 15.3 Å². The summed E-state index contributed by atoms with van der Waals surface area (Å²) >= 11 is 0. The fraction of sp³-hybridized carbons (Fsp3) is 0.846. The number of amides is 2. The lowest BCUT2D eigenvalue weighted by atomic mass is 9.96. The van der Waals surface area contributed by atoms with Gasteiger partial charge in [-0.15, -0.1) is 0 Å². The van der Waals surface area contributed by atoms with Gasteiger partial charge in [0.1, 0.15) is 15.9 Å². The van der Waals surface area contributed by atoms with Crippen molar-refractivity contribution in [2.75, 3.05) is 25.1 Å². The molecular formula is C13H24N2O5S. The second-order valence-corrected chi connectivity index (χ2v) is 7.88. The number of nitrogens with one attached hydrogen (secondary N) is 1. The molecule has 122 valence electrons. The second-order valence-electron chi connectivity index (χ2n) is 5.62. The number of sulfone groups is 1. The molecule has 7 nitrogen and oxygen atoms in total. The fourth-order valence-electron chi connectivity index (χ4n) is 2.41. The van der Waals surface area contributed by atoms with E-state index in [-0.39, 0.29) is 12.2 Å². The number of piperidine rings is 1. The Morgan fingerprint density at radius 3 is 2.62 bits per heavy atom. The van der Waals surface area contributed by atoms with E-state index in [0.717, 1.165) is 25.5 Å². The summed E-state index contributed by atoms with van der Waals surface area (Å²) in [6.45, 7) is 3.31. The number of urea groups is 1. The standard InChI is InChI=1S/C13H24N2O5S/c1-3-10-5-4-7-15(9-10)13(18)14-11(12(16)17)6-8-21(2,19)20/h10-11H,3-9H2,1-2H3,(H,14,18)(H,16,17). The van der Waals surface area contributed by atoms with Crippen molar-refractivity contribution in [1.29, 1.82) is 0 Å². The summed E-state index contributed by atoms with van der Waals surface area (Å²) in [4.78, 5) is 24.8. The molecule has 0 aliphatic carbocycles. The van der Waals surface area contributed by atoms with Crippen LogP contribution in [0.4, 0.5) is 4.79 Å². The first-order chi connectivity index (χ1) is 9.73. The van der Waals surface area contributed by atoms with E-state index in [4.69, 9.17) is 5.11 Å². The maximum Gasteiger partial charge on any atom is 0.326 e. The van der Waals surface area contributed by atoms with E-state index >= 15 is 0 Å². The van der Waals surface area contributed by atoms with E-state index < -0.39 is 27.9 Å². The van der Waals surface area contributed by atoms with Crippen LogP contribution < -0.4 is 5.32 Å². The molecule has 1 aliphatic rings. The molecule has 0 radical (unpaired) electrons. The summed E-state index contributed by atoms with van der Waals surface area (Å²) in [6, 6.07) is -1.59. The number of hydrogen-bond donors (Lipinski definition) is 2. The van der Waals surface area contributed by atoms with E-state index in [9.17, 15) is 18.0 Å². The first kappa shape index (κ1) is 17.7. The Bertz CT molecular complexity index is 477. The molecule has 0 saturated carbocycles.